The van der Waals surface area contributed by atoms with Crippen molar-refractivity contribution in [2.45, 2.75) is 69.1 Å². The molecule has 0 radical (unpaired) electrons. The van der Waals surface area contributed by atoms with Crippen molar-refractivity contribution in [2.24, 2.45) is 0 Å². The highest BCUT2D eigenvalue weighted by Crippen LogP contribution is 2.39. The summed E-state index contributed by atoms with van der Waals surface area (Å²) in [6, 6.07) is 5.66. The van der Waals surface area contributed by atoms with Crippen LogP contribution in [0.1, 0.15) is 60.8 Å². The van der Waals surface area contributed by atoms with Gasteiger partial charge in [-0.05, 0) is 99.7 Å². The Bertz CT molecular complexity index is 1220. The van der Waals surface area contributed by atoms with Crippen LogP contribution in [0.3, 0.4) is 0 Å². The highest BCUT2D eigenvalue weighted by Gasteiger charge is 2.41. The van der Waals surface area contributed by atoms with Gasteiger partial charge in [-0.3, -0.25) is 4.90 Å². The lowest BCUT2D eigenvalue weighted by atomic mass is 9.87. The molecule has 3 saturated heterocycles. The first-order valence-corrected chi connectivity index (χ1v) is 14.9. The fraction of sp³-hybridized carbons (Fsp3) is 0.613. The van der Waals surface area contributed by atoms with Gasteiger partial charge < -0.3 is 14.5 Å². The van der Waals surface area contributed by atoms with Gasteiger partial charge in [-0.1, -0.05) is 12.5 Å². The van der Waals surface area contributed by atoms with Crippen LogP contribution in [0.2, 0.25) is 0 Å². The molecule has 0 N–H and O–H groups in total. The third-order valence-corrected chi connectivity index (χ3v) is 9.06. The Hall–Kier alpha value is -1.70. The molecule has 254 valence electrons. The molecule has 3 fully saturated rings. The highest BCUT2D eigenvalue weighted by molar-refractivity contribution is 5.85. The van der Waals surface area contributed by atoms with Gasteiger partial charge in [-0.2, -0.15) is 26.3 Å². The molecule has 0 aliphatic carbocycles. The van der Waals surface area contributed by atoms with E-state index in [1.54, 1.807) is 4.90 Å². The average Bonchev–Trinajstić information content (AvgIpc) is 2.97. The lowest BCUT2D eigenvalue weighted by Gasteiger charge is -2.45. The van der Waals surface area contributed by atoms with Crippen molar-refractivity contribution in [3.8, 4) is 0 Å². The van der Waals surface area contributed by atoms with Crippen LogP contribution < -0.4 is 0 Å². The summed E-state index contributed by atoms with van der Waals surface area (Å²) in [5.41, 5.74) is -3.61. The van der Waals surface area contributed by atoms with Gasteiger partial charge in [-0.25, -0.2) is 8.78 Å². The molecule has 0 amide bonds. The number of piperidine rings is 2. The van der Waals surface area contributed by atoms with Crippen LogP contribution in [-0.4, -0.2) is 73.2 Å². The van der Waals surface area contributed by atoms with Crippen LogP contribution in [0.25, 0.3) is 0 Å². The zero-order chi connectivity index (χ0) is 30.8. The molecule has 0 saturated carbocycles. The van der Waals surface area contributed by atoms with Crippen LogP contribution in [0.15, 0.2) is 36.4 Å². The zero-order valence-electron chi connectivity index (χ0n) is 24.7. The first-order chi connectivity index (χ1) is 20.3. The van der Waals surface area contributed by atoms with E-state index >= 15 is 0 Å². The summed E-state index contributed by atoms with van der Waals surface area (Å²) in [6.45, 7) is 4.90. The molecule has 0 bridgehead atoms. The summed E-state index contributed by atoms with van der Waals surface area (Å²) < 4.78 is 115. The van der Waals surface area contributed by atoms with Crippen molar-refractivity contribution in [2.75, 3.05) is 52.4 Å². The quantitative estimate of drug-likeness (QED) is 0.275. The number of ether oxygens (including phenoxy) is 1. The van der Waals surface area contributed by atoms with Crippen molar-refractivity contribution in [3.05, 3.63) is 70.3 Å². The summed E-state index contributed by atoms with van der Waals surface area (Å²) in [7, 11) is 0. The molecule has 3 aliphatic rings. The minimum absolute atomic E-state index is 0. The van der Waals surface area contributed by atoms with Crippen LogP contribution >= 0.6 is 24.8 Å². The number of halogens is 10. The summed E-state index contributed by atoms with van der Waals surface area (Å²) in [6.07, 6.45) is -3.71. The number of likely N-dealkylation sites (tertiary alicyclic amines) is 2. The van der Waals surface area contributed by atoms with Gasteiger partial charge in [0.25, 0.3) is 0 Å². The molecule has 0 aromatic heterocycles. The van der Waals surface area contributed by atoms with Gasteiger partial charge in [-0.15, -0.1) is 24.8 Å². The number of morpholine rings is 1. The van der Waals surface area contributed by atoms with Crippen molar-refractivity contribution in [3.63, 3.8) is 0 Å². The van der Waals surface area contributed by atoms with Crippen molar-refractivity contribution >= 4 is 24.8 Å². The fourth-order valence-corrected chi connectivity index (χ4v) is 6.74. The second kappa shape index (κ2) is 15.5. The van der Waals surface area contributed by atoms with Gasteiger partial charge in [0.1, 0.15) is 5.60 Å². The van der Waals surface area contributed by atoms with Gasteiger partial charge in [0.2, 0.25) is 0 Å². The molecular weight excluding hydrogens is 653 g/mol. The van der Waals surface area contributed by atoms with E-state index in [1.807, 2.05) is 0 Å². The number of benzene rings is 2. The molecule has 0 spiro atoms. The van der Waals surface area contributed by atoms with Crippen molar-refractivity contribution in [1.29, 1.82) is 0 Å². The largest absolute Gasteiger partial charge is 0.416 e. The second-order valence-corrected chi connectivity index (χ2v) is 12.0. The number of hydrogen-bond donors (Lipinski definition) is 0. The molecule has 1 unspecified atom stereocenters. The lowest BCUT2D eigenvalue weighted by molar-refractivity contribution is -0.143. The maximum absolute atomic E-state index is 14.4. The highest BCUT2D eigenvalue weighted by atomic mass is 35.5. The minimum atomic E-state index is -4.95. The topological polar surface area (TPSA) is 19.0 Å². The summed E-state index contributed by atoms with van der Waals surface area (Å²) >= 11 is 0. The zero-order valence-corrected chi connectivity index (χ0v) is 26.4. The predicted octanol–water partition coefficient (Wildman–Crippen LogP) is 7.91. The van der Waals surface area contributed by atoms with Crippen LogP contribution in [0.5, 0.6) is 0 Å². The van der Waals surface area contributed by atoms with Crippen LogP contribution in [0, 0.1) is 11.6 Å². The molecule has 2 aromatic rings. The Balaban J connectivity index is 0.00000276. The molecule has 3 aliphatic heterocycles. The van der Waals surface area contributed by atoms with Gasteiger partial charge in [0.05, 0.1) is 17.7 Å². The summed E-state index contributed by atoms with van der Waals surface area (Å²) in [4.78, 5) is 6.61. The molecule has 1 atom stereocenters. The SMILES string of the molecule is Cl.Cl.Fc1ccc(C2(CCN3CCC(N4CCCCC4)CC3)CN(Cc3cc(C(F)(F)F)cc(C(F)(F)F)c3)CCO2)cc1F. The third kappa shape index (κ3) is 9.44. The van der Waals surface area contributed by atoms with E-state index < -0.39 is 40.7 Å². The molecular formula is C31H39Cl2F8N3O. The normalized spacial score (nSPS) is 22.9. The maximum atomic E-state index is 14.4. The number of rotatable bonds is 7. The Morgan fingerprint density at radius 2 is 1.36 bits per heavy atom. The van der Waals surface area contributed by atoms with Crippen LogP contribution in [0.4, 0.5) is 35.1 Å². The van der Waals surface area contributed by atoms with E-state index in [4.69, 9.17) is 4.74 Å². The van der Waals surface area contributed by atoms with E-state index in [1.165, 1.54) is 25.3 Å². The molecule has 3 heterocycles. The molecule has 5 rings (SSSR count). The average molecular weight is 693 g/mol. The van der Waals surface area contributed by atoms with E-state index in [0.29, 0.717) is 24.6 Å². The Labute approximate surface area is 270 Å². The number of nitrogens with zero attached hydrogens (tertiary/aromatic N) is 3. The lowest BCUT2D eigenvalue weighted by Crippen LogP contribution is -2.52. The standard InChI is InChI=1S/C31H37F8N3O.2ClH/c32-27-5-4-23(19-28(27)33)29(8-13-40-11-6-26(7-12-40)42-9-2-1-3-10-42)21-41(14-15-43-29)20-22-16-24(30(34,35)36)18-25(17-22)31(37,38)39;;/h4-5,16-19,26H,1-3,6-15,20-21H2;2*1H. The second-order valence-electron chi connectivity index (χ2n) is 12.0. The first-order valence-electron chi connectivity index (χ1n) is 14.9. The molecule has 4 nitrogen and oxygen atoms in total. The van der Waals surface area contributed by atoms with Crippen molar-refractivity contribution in [1.82, 2.24) is 14.7 Å². The maximum Gasteiger partial charge on any atom is 0.416 e. The molecule has 14 heteroatoms. The number of hydrogen-bond acceptors (Lipinski definition) is 4. The van der Waals surface area contributed by atoms with E-state index in [0.717, 1.165) is 63.3 Å². The number of alkyl halides is 6. The summed E-state index contributed by atoms with van der Waals surface area (Å²) in [5, 5.41) is 0. The molecule has 2 aromatic carbocycles. The van der Waals surface area contributed by atoms with Gasteiger partial charge >= 0.3 is 12.4 Å². The van der Waals surface area contributed by atoms with E-state index in [2.05, 4.69) is 9.80 Å². The van der Waals surface area contributed by atoms with E-state index in [9.17, 15) is 35.1 Å². The minimum Gasteiger partial charge on any atom is -0.368 e. The van der Waals surface area contributed by atoms with Crippen LogP contribution in [-0.2, 0) is 29.2 Å². The Morgan fingerprint density at radius 3 is 1.93 bits per heavy atom. The van der Waals surface area contributed by atoms with Gasteiger partial charge in [0.15, 0.2) is 11.6 Å². The monoisotopic (exact) mass is 691 g/mol. The first kappa shape index (κ1) is 37.8. The van der Waals surface area contributed by atoms with E-state index in [-0.39, 0.29) is 62.7 Å². The Kier molecular flexibility index (Phi) is 13.0. The summed E-state index contributed by atoms with van der Waals surface area (Å²) in [5.74, 6) is -2.07. The molecule has 45 heavy (non-hydrogen) atoms. The smallest absolute Gasteiger partial charge is 0.368 e. The Morgan fingerprint density at radius 1 is 0.733 bits per heavy atom. The third-order valence-electron chi connectivity index (χ3n) is 9.06. The fourth-order valence-electron chi connectivity index (χ4n) is 6.74. The van der Waals surface area contributed by atoms with Gasteiger partial charge in [0, 0.05) is 32.2 Å². The van der Waals surface area contributed by atoms with Crippen molar-refractivity contribution < 1.29 is 39.9 Å². The predicted molar refractivity (Wildman–Crippen MR) is 160 cm³/mol.